The third-order valence-corrected chi connectivity index (χ3v) is 6.42. The van der Waals surface area contributed by atoms with Gasteiger partial charge in [0.15, 0.2) is 0 Å². The van der Waals surface area contributed by atoms with Gasteiger partial charge in [-0.1, -0.05) is 57.0 Å². The highest BCUT2D eigenvalue weighted by Gasteiger charge is 2.35. The van der Waals surface area contributed by atoms with Crippen LogP contribution in [0.2, 0.25) is 0 Å². The second-order valence-corrected chi connectivity index (χ2v) is 8.26. The molecule has 0 radical (unpaired) electrons. The molecule has 2 aliphatic rings. The van der Waals surface area contributed by atoms with E-state index in [0.717, 1.165) is 32.7 Å². The highest BCUT2D eigenvalue weighted by atomic mass is 15.3. The van der Waals surface area contributed by atoms with Crippen LogP contribution in [0.3, 0.4) is 0 Å². The average Bonchev–Trinajstić information content (AvgIpc) is 3.06. The first kappa shape index (κ1) is 18.6. The van der Waals surface area contributed by atoms with E-state index in [2.05, 4.69) is 66.2 Å². The van der Waals surface area contributed by atoms with Crippen LogP contribution in [0.15, 0.2) is 42.6 Å². The molecule has 27 heavy (non-hydrogen) atoms. The summed E-state index contributed by atoms with van der Waals surface area (Å²) in [6.07, 6.45) is 7.26. The fourth-order valence-electron chi connectivity index (χ4n) is 4.76. The lowest BCUT2D eigenvalue weighted by atomic mass is 9.93. The molecule has 0 N–H and O–H groups in total. The van der Waals surface area contributed by atoms with Gasteiger partial charge < -0.3 is 0 Å². The number of nitrogens with zero attached hydrogens (tertiary/aromatic N) is 3. The van der Waals surface area contributed by atoms with E-state index >= 15 is 0 Å². The van der Waals surface area contributed by atoms with Crippen LogP contribution in [0, 0.1) is 0 Å². The molecular formula is C24H33N3. The SMILES string of the molecule is CCCCC(CC)c1cc2c(cn1)C1CN(Cc3ccccc3)CCN1C2. The summed E-state index contributed by atoms with van der Waals surface area (Å²) in [6.45, 7) is 10.2. The summed E-state index contributed by atoms with van der Waals surface area (Å²) in [6, 6.07) is 13.8. The van der Waals surface area contributed by atoms with Crippen molar-refractivity contribution >= 4 is 0 Å². The molecule has 4 rings (SSSR count). The maximum Gasteiger partial charge on any atom is 0.0497 e. The number of unbranched alkanes of at least 4 members (excludes halogenated alkanes) is 1. The summed E-state index contributed by atoms with van der Waals surface area (Å²) in [5.41, 5.74) is 5.74. The van der Waals surface area contributed by atoms with Crippen molar-refractivity contribution in [3.8, 4) is 0 Å². The van der Waals surface area contributed by atoms with Gasteiger partial charge in [-0.2, -0.15) is 0 Å². The van der Waals surface area contributed by atoms with Gasteiger partial charge in [0.1, 0.15) is 0 Å². The summed E-state index contributed by atoms with van der Waals surface area (Å²) in [4.78, 5) is 10.2. The minimum atomic E-state index is 0.523. The normalized spacial score (nSPS) is 21.0. The topological polar surface area (TPSA) is 19.4 Å². The molecule has 1 aromatic carbocycles. The first-order valence-electron chi connectivity index (χ1n) is 10.8. The van der Waals surface area contributed by atoms with Crippen LogP contribution in [-0.2, 0) is 13.1 Å². The maximum absolute atomic E-state index is 4.93. The van der Waals surface area contributed by atoms with Crippen molar-refractivity contribution in [2.75, 3.05) is 19.6 Å². The fraction of sp³-hybridized carbons (Fsp3) is 0.542. The Balaban J connectivity index is 1.47. The van der Waals surface area contributed by atoms with Crippen molar-refractivity contribution in [1.82, 2.24) is 14.8 Å². The highest BCUT2D eigenvalue weighted by Crippen LogP contribution is 2.37. The third kappa shape index (κ3) is 4.09. The smallest absolute Gasteiger partial charge is 0.0497 e. The van der Waals surface area contributed by atoms with Crippen molar-refractivity contribution in [3.63, 3.8) is 0 Å². The molecule has 1 saturated heterocycles. The number of hydrogen-bond acceptors (Lipinski definition) is 3. The molecule has 2 aliphatic heterocycles. The Kier molecular flexibility index (Phi) is 5.89. The zero-order valence-electron chi connectivity index (χ0n) is 16.9. The quantitative estimate of drug-likeness (QED) is 0.679. The Labute approximate surface area is 164 Å². The van der Waals surface area contributed by atoms with E-state index in [1.807, 2.05) is 0 Å². The summed E-state index contributed by atoms with van der Waals surface area (Å²) < 4.78 is 0. The molecule has 2 atom stereocenters. The second kappa shape index (κ2) is 8.53. The lowest BCUT2D eigenvalue weighted by molar-refractivity contribution is 0.0786. The van der Waals surface area contributed by atoms with Crippen molar-refractivity contribution < 1.29 is 0 Å². The molecule has 3 nitrogen and oxygen atoms in total. The summed E-state index contributed by atoms with van der Waals surface area (Å²) in [5.74, 6) is 0.627. The minimum absolute atomic E-state index is 0.523. The van der Waals surface area contributed by atoms with Crippen molar-refractivity contribution in [2.24, 2.45) is 0 Å². The molecule has 3 heterocycles. The zero-order chi connectivity index (χ0) is 18.6. The largest absolute Gasteiger partial charge is 0.296 e. The lowest BCUT2D eigenvalue weighted by Gasteiger charge is -2.37. The van der Waals surface area contributed by atoms with Crippen LogP contribution < -0.4 is 0 Å². The Morgan fingerprint density at radius 3 is 2.78 bits per heavy atom. The van der Waals surface area contributed by atoms with Gasteiger partial charge in [0.05, 0.1) is 0 Å². The molecule has 0 saturated carbocycles. The number of piperazine rings is 1. The standard InChI is InChI=1S/C24H33N3/c1-3-5-11-20(4-2)23-14-21-17-27-13-12-26(16-19-9-7-6-8-10-19)18-24(27)22(21)15-25-23/h6-10,14-15,20,24H,3-5,11-13,16-18H2,1-2H3. The van der Waals surface area contributed by atoms with Gasteiger partial charge in [0.2, 0.25) is 0 Å². The van der Waals surface area contributed by atoms with Gasteiger partial charge >= 0.3 is 0 Å². The molecule has 1 fully saturated rings. The average molecular weight is 364 g/mol. The number of pyridine rings is 1. The Hall–Kier alpha value is -1.71. The molecule has 0 amide bonds. The second-order valence-electron chi connectivity index (χ2n) is 8.26. The van der Waals surface area contributed by atoms with E-state index in [-0.39, 0.29) is 0 Å². The van der Waals surface area contributed by atoms with Crippen LogP contribution in [0.5, 0.6) is 0 Å². The molecule has 3 heteroatoms. The van der Waals surface area contributed by atoms with Gasteiger partial charge in [-0.05, 0) is 35.6 Å². The first-order chi connectivity index (χ1) is 13.3. The third-order valence-electron chi connectivity index (χ3n) is 6.42. The van der Waals surface area contributed by atoms with Crippen LogP contribution >= 0.6 is 0 Å². The van der Waals surface area contributed by atoms with E-state index in [4.69, 9.17) is 4.98 Å². The van der Waals surface area contributed by atoms with Crippen molar-refractivity contribution in [3.05, 3.63) is 65.0 Å². The van der Waals surface area contributed by atoms with Crippen molar-refractivity contribution in [2.45, 2.75) is 64.6 Å². The predicted octanol–water partition coefficient (Wildman–Crippen LogP) is 5.14. The molecular weight excluding hydrogens is 330 g/mol. The lowest BCUT2D eigenvalue weighted by Crippen LogP contribution is -2.44. The monoisotopic (exact) mass is 363 g/mol. The summed E-state index contributed by atoms with van der Waals surface area (Å²) >= 11 is 0. The Bertz CT molecular complexity index is 743. The van der Waals surface area contributed by atoms with E-state index in [9.17, 15) is 0 Å². The van der Waals surface area contributed by atoms with Crippen LogP contribution in [-0.4, -0.2) is 34.4 Å². The van der Waals surface area contributed by atoms with E-state index in [1.165, 1.54) is 48.1 Å². The maximum atomic E-state index is 4.93. The van der Waals surface area contributed by atoms with Gasteiger partial charge in [-0.25, -0.2) is 0 Å². The minimum Gasteiger partial charge on any atom is -0.296 e. The van der Waals surface area contributed by atoms with Gasteiger partial charge in [-0.3, -0.25) is 14.8 Å². The molecule has 2 aromatic rings. The van der Waals surface area contributed by atoms with Gasteiger partial charge in [0.25, 0.3) is 0 Å². The van der Waals surface area contributed by atoms with Gasteiger partial charge in [0, 0.05) is 56.6 Å². The molecule has 0 spiro atoms. The fourth-order valence-corrected chi connectivity index (χ4v) is 4.76. The number of hydrogen-bond donors (Lipinski definition) is 0. The molecule has 0 bridgehead atoms. The summed E-state index contributed by atoms with van der Waals surface area (Å²) in [7, 11) is 0. The summed E-state index contributed by atoms with van der Waals surface area (Å²) in [5, 5.41) is 0. The van der Waals surface area contributed by atoms with Crippen LogP contribution in [0.1, 0.15) is 73.9 Å². The van der Waals surface area contributed by atoms with E-state index in [0.29, 0.717) is 12.0 Å². The van der Waals surface area contributed by atoms with E-state index < -0.39 is 0 Å². The van der Waals surface area contributed by atoms with Gasteiger partial charge in [-0.15, -0.1) is 0 Å². The number of rotatable bonds is 7. The van der Waals surface area contributed by atoms with Crippen LogP contribution in [0.25, 0.3) is 0 Å². The van der Waals surface area contributed by atoms with Crippen LogP contribution in [0.4, 0.5) is 0 Å². The zero-order valence-corrected chi connectivity index (χ0v) is 16.9. The van der Waals surface area contributed by atoms with Crippen molar-refractivity contribution in [1.29, 1.82) is 0 Å². The molecule has 1 aromatic heterocycles. The predicted molar refractivity (Wildman–Crippen MR) is 112 cm³/mol. The number of aromatic nitrogens is 1. The number of fused-ring (bicyclic) bond motifs is 3. The van der Waals surface area contributed by atoms with E-state index in [1.54, 1.807) is 0 Å². The highest BCUT2D eigenvalue weighted by molar-refractivity contribution is 5.35. The molecule has 2 unspecified atom stereocenters. The Morgan fingerprint density at radius 2 is 2.00 bits per heavy atom. The first-order valence-corrected chi connectivity index (χ1v) is 10.8. The number of benzene rings is 1. The molecule has 0 aliphatic carbocycles. The Morgan fingerprint density at radius 1 is 1.15 bits per heavy atom. The molecule has 144 valence electrons.